The molecule has 1 amide bonds. The highest BCUT2D eigenvalue weighted by Crippen LogP contribution is 2.18. The topological polar surface area (TPSA) is 96.7 Å². The van der Waals surface area contributed by atoms with Gasteiger partial charge in [0.05, 0.1) is 11.0 Å². The van der Waals surface area contributed by atoms with E-state index in [1.54, 1.807) is 6.07 Å². The molecule has 142 valence electrons. The number of hydrogen-bond donors (Lipinski definition) is 2. The first-order chi connectivity index (χ1) is 13.7. The second-order valence-corrected chi connectivity index (χ2v) is 6.76. The lowest BCUT2D eigenvalue weighted by molar-refractivity contribution is -0.121. The summed E-state index contributed by atoms with van der Waals surface area (Å²) < 4.78 is 5.26. The molecular weight excluding hydrogens is 378 g/mol. The maximum atomic E-state index is 12.1. The molecule has 0 bridgehead atoms. The smallest absolute Gasteiger partial charge is 0.257 e. The van der Waals surface area contributed by atoms with Gasteiger partial charge in [-0.3, -0.25) is 4.79 Å². The van der Waals surface area contributed by atoms with Crippen molar-refractivity contribution in [2.45, 2.75) is 19.3 Å². The number of carbonyl (C=O) groups excluding carboxylic acids is 1. The van der Waals surface area contributed by atoms with Gasteiger partial charge in [-0.05, 0) is 30.3 Å². The van der Waals surface area contributed by atoms with Gasteiger partial charge >= 0.3 is 0 Å². The normalized spacial score (nSPS) is 11.0. The lowest BCUT2D eigenvalue weighted by atomic mass is 10.2. The predicted octanol–water partition coefficient (Wildman–Crippen LogP) is 3.56. The Hall–Kier alpha value is -3.19. The molecule has 2 N–H and O–H groups in total. The van der Waals surface area contributed by atoms with Crippen molar-refractivity contribution in [3.63, 3.8) is 0 Å². The molecule has 8 heteroatoms. The largest absolute Gasteiger partial charge is 0.356 e. The zero-order valence-corrected chi connectivity index (χ0v) is 15.7. The third kappa shape index (κ3) is 4.37. The van der Waals surface area contributed by atoms with E-state index in [1.807, 2.05) is 42.5 Å². The number of aryl methyl sites for hydroxylation is 1. The fraction of sp³-hybridized carbons (Fsp3) is 0.200. The third-order valence-electron chi connectivity index (χ3n) is 4.24. The summed E-state index contributed by atoms with van der Waals surface area (Å²) in [5.41, 5.74) is 2.58. The predicted molar refractivity (Wildman–Crippen MR) is 106 cm³/mol. The third-order valence-corrected chi connectivity index (χ3v) is 4.48. The molecule has 0 aliphatic carbocycles. The Balaban J connectivity index is 1.24. The lowest BCUT2D eigenvalue weighted by Crippen LogP contribution is -2.26. The van der Waals surface area contributed by atoms with E-state index in [-0.39, 0.29) is 5.91 Å². The minimum Gasteiger partial charge on any atom is -0.356 e. The van der Waals surface area contributed by atoms with Crippen molar-refractivity contribution in [2.24, 2.45) is 0 Å². The van der Waals surface area contributed by atoms with Gasteiger partial charge in [-0.15, -0.1) is 0 Å². The molecule has 2 heterocycles. The first-order valence-electron chi connectivity index (χ1n) is 8.96. The highest BCUT2D eigenvalue weighted by Gasteiger charge is 2.10. The zero-order chi connectivity index (χ0) is 19.3. The Labute approximate surface area is 166 Å². The molecule has 0 saturated carbocycles. The number of fused-ring (bicyclic) bond motifs is 1. The number of nitrogens with one attached hydrogen (secondary N) is 2. The molecule has 7 nitrogen and oxygen atoms in total. The van der Waals surface area contributed by atoms with Crippen molar-refractivity contribution in [1.29, 1.82) is 0 Å². The van der Waals surface area contributed by atoms with Crippen molar-refractivity contribution < 1.29 is 9.32 Å². The number of rotatable bonds is 7. The molecule has 0 fully saturated rings. The average Bonchev–Trinajstić information content (AvgIpc) is 3.33. The molecule has 2 aromatic heterocycles. The van der Waals surface area contributed by atoms with E-state index < -0.39 is 0 Å². The van der Waals surface area contributed by atoms with Crippen LogP contribution in [0.2, 0.25) is 5.02 Å². The maximum Gasteiger partial charge on any atom is 0.257 e. The van der Waals surface area contributed by atoms with Gasteiger partial charge in [0.1, 0.15) is 5.82 Å². The van der Waals surface area contributed by atoms with Crippen LogP contribution >= 0.6 is 11.6 Å². The monoisotopic (exact) mass is 395 g/mol. The van der Waals surface area contributed by atoms with Gasteiger partial charge in [0.25, 0.3) is 5.89 Å². The van der Waals surface area contributed by atoms with Crippen LogP contribution in [-0.2, 0) is 17.6 Å². The SMILES string of the molecule is O=C(CCc1nc2ccc(Cl)cc2[nH]1)NCCc1noc(-c2ccccc2)n1. The van der Waals surface area contributed by atoms with Crippen molar-refractivity contribution in [3.05, 3.63) is 65.2 Å². The molecule has 0 spiro atoms. The van der Waals surface area contributed by atoms with Gasteiger partial charge in [0.2, 0.25) is 5.91 Å². The molecule has 0 atom stereocenters. The quantitative estimate of drug-likeness (QED) is 0.498. The average molecular weight is 396 g/mol. The molecule has 0 radical (unpaired) electrons. The standard InChI is InChI=1S/C20H18ClN5O2/c21-14-6-7-15-16(12-14)24-17(23-15)8-9-19(27)22-11-10-18-25-20(28-26-18)13-4-2-1-3-5-13/h1-7,12H,8-11H2,(H,22,27)(H,23,24). The van der Waals surface area contributed by atoms with E-state index in [4.69, 9.17) is 16.1 Å². The van der Waals surface area contributed by atoms with Crippen LogP contribution in [0.1, 0.15) is 18.1 Å². The van der Waals surface area contributed by atoms with E-state index in [2.05, 4.69) is 25.4 Å². The minimum atomic E-state index is -0.0507. The summed E-state index contributed by atoms with van der Waals surface area (Å²) in [4.78, 5) is 24.1. The molecular formula is C20H18ClN5O2. The van der Waals surface area contributed by atoms with E-state index in [0.29, 0.717) is 42.5 Å². The number of benzene rings is 2. The Kier molecular flexibility index (Phi) is 5.34. The van der Waals surface area contributed by atoms with Crippen LogP contribution in [0.25, 0.3) is 22.5 Å². The second kappa shape index (κ2) is 8.22. The van der Waals surface area contributed by atoms with Crippen LogP contribution < -0.4 is 5.32 Å². The fourth-order valence-electron chi connectivity index (χ4n) is 2.84. The lowest BCUT2D eigenvalue weighted by Gasteiger charge is -2.02. The molecule has 0 unspecified atom stereocenters. The van der Waals surface area contributed by atoms with E-state index in [9.17, 15) is 4.79 Å². The summed E-state index contributed by atoms with van der Waals surface area (Å²) in [6.45, 7) is 0.447. The zero-order valence-electron chi connectivity index (χ0n) is 15.0. The van der Waals surface area contributed by atoms with Gasteiger partial charge in [0, 0.05) is 36.4 Å². The summed E-state index contributed by atoms with van der Waals surface area (Å²) in [5, 5.41) is 7.47. The number of carbonyl (C=O) groups is 1. The van der Waals surface area contributed by atoms with Crippen LogP contribution in [0, 0.1) is 0 Å². The highest BCUT2D eigenvalue weighted by atomic mass is 35.5. The minimum absolute atomic E-state index is 0.0507. The number of aromatic amines is 1. The van der Waals surface area contributed by atoms with Crippen molar-refractivity contribution in [1.82, 2.24) is 25.4 Å². The van der Waals surface area contributed by atoms with Gasteiger partial charge in [-0.2, -0.15) is 4.98 Å². The molecule has 4 rings (SSSR count). The number of amides is 1. The molecule has 0 aliphatic heterocycles. The first kappa shape index (κ1) is 18.2. The van der Waals surface area contributed by atoms with Crippen molar-refractivity contribution in [3.8, 4) is 11.5 Å². The number of aromatic nitrogens is 4. The van der Waals surface area contributed by atoms with Crippen molar-refractivity contribution >= 4 is 28.5 Å². The Bertz CT molecular complexity index is 1090. The Morgan fingerprint density at radius 2 is 1.96 bits per heavy atom. The van der Waals surface area contributed by atoms with Gasteiger partial charge in [0.15, 0.2) is 5.82 Å². The number of halogens is 1. The molecule has 0 saturated heterocycles. The Morgan fingerprint density at radius 1 is 1.11 bits per heavy atom. The van der Waals surface area contributed by atoms with Gasteiger partial charge in [-0.1, -0.05) is 35.0 Å². The summed E-state index contributed by atoms with van der Waals surface area (Å²) in [6.07, 6.45) is 1.37. The van der Waals surface area contributed by atoms with E-state index in [0.717, 1.165) is 22.4 Å². The second-order valence-electron chi connectivity index (χ2n) is 6.33. The van der Waals surface area contributed by atoms with Crippen LogP contribution in [0.15, 0.2) is 53.1 Å². The van der Waals surface area contributed by atoms with E-state index in [1.165, 1.54) is 0 Å². The van der Waals surface area contributed by atoms with Gasteiger partial charge < -0.3 is 14.8 Å². The van der Waals surface area contributed by atoms with Crippen LogP contribution in [0.5, 0.6) is 0 Å². The summed E-state index contributed by atoms with van der Waals surface area (Å²) in [6, 6.07) is 15.0. The van der Waals surface area contributed by atoms with Crippen molar-refractivity contribution in [2.75, 3.05) is 6.54 Å². The molecule has 2 aromatic carbocycles. The first-order valence-corrected chi connectivity index (χ1v) is 9.34. The highest BCUT2D eigenvalue weighted by molar-refractivity contribution is 6.31. The van der Waals surface area contributed by atoms with Crippen LogP contribution in [0.4, 0.5) is 0 Å². The summed E-state index contributed by atoms with van der Waals surface area (Å²) >= 11 is 5.97. The van der Waals surface area contributed by atoms with Crippen LogP contribution in [0.3, 0.4) is 0 Å². The molecule has 28 heavy (non-hydrogen) atoms. The summed E-state index contributed by atoms with van der Waals surface area (Å²) in [5.74, 6) is 1.75. The number of imidazole rings is 1. The fourth-order valence-corrected chi connectivity index (χ4v) is 3.01. The maximum absolute atomic E-state index is 12.1. The van der Waals surface area contributed by atoms with Crippen LogP contribution in [-0.4, -0.2) is 32.6 Å². The number of nitrogens with zero attached hydrogens (tertiary/aromatic N) is 3. The Morgan fingerprint density at radius 3 is 2.82 bits per heavy atom. The van der Waals surface area contributed by atoms with E-state index >= 15 is 0 Å². The number of hydrogen-bond acceptors (Lipinski definition) is 5. The molecule has 0 aliphatic rings. The molecule has 4 aromatic rings. The number of H-pyrrole nitrogens is 1. The summed E-state index contributed by atoms with van der Waals surface area (Å²) in [7, 11) is 0. The van der Waals surface area contributed by atoms with Gasteiger partial charge in [-0.25, -0.2) is 4.98 Å².